The predicted octanol–water partition coefficient (Wildman–Crippen LogP) is 0.0976. The zero-order valence-corrected chi connectivity index (χ0v) is 6.93. The highest BCUT2D eigenvalue weighted by atomic mass is 14.9. The van der Waals surface area contributed by atoms with Crippen LogP contribution in [-0.4, -0.2) is 26.2 Å². The van der Waals surface area contributed by atoms with E-state index in [-0.39, 0.29) is 0 Å². The molecule has 1 saturated heterocycles. The molecule has 11 heavy (non-hydrogen) atoms. The summed E-state index contributed by atoms with van der Waals surface area (Å²) in [5.74, 6) is 0.652. The van der Waals surface area contributed by atoms with Crippen molar-refractivity contribution < 1.29 is 0 Å². The number of nitrogens with one attached hydrogen (secondary N) is 2. The number of hydrogen-bond acceptors (Lipinski definition) is 3. The normalized spacial score (nSPS) is 26.4. The van der Waals surface area contributed by atoms with Crippen LogP contribution in [0.1, 0.15) is 12.8 Å². The molecule has 0 aliphatic carbocycles. The number of nitrogens with zero attached hydrogens (tertiary/aromatic N) is 1. The molecule has 1 rings (SSSR count). The molecule has 2 N–H and O–H groups in total. The maximum atomic E-state index is 8.52. The molecule has 0 aromatic rings. The molecule has 0 aromatic heterocycles. The van der Waals surface area contributed by atoms with Crippen LogP contribution in [0.25, 0.3) is 0 Å². The maximum Gasteiger partial charge on any atom is 0.0638 e. The van der Waals surface area contributed by atoms with Crippen LogP contribution in [0.15, 0.2) is 0 Å². The van der Waals surface area contributed by atoms with Gasteiger partial charge in [0.1, 0.15) is 0 Å². The van der Waals surface area contributed by atoms with Crippen molar-refractivity contribution in [2.75, 3.05) is 20.1 Å². The first kappa shape index (κ1) is 8.51. The summed E-state index contributed by atoms with van der Waals surface area (Å²) in [5, 5.41) is 15.0. The molecule has 0 amide bonds. The molecule has 0 spiro atoms. The number of nitriles is 1. The molecule has 1 unspecified atom stereocenters. The minimum Gasteiger partial charge on any atom is -0.316 e. The molecule has 2 atom stereocenters. The molecule has 3 heteroatoms. The molecular weight excluding hydrogens is 138 g/mol. The minimum atomic E-state index is 0.384. The Balaban J connectivity index is 2.34. The van der Waals surface area contributed by atoms with E-state index in [9.17, 15) is 0 Å². The first-order valence-electron chi connectivity index (χ1n) is 4.13. The number of hydrogen-bond donors (Lipinski definition) is 2. The summed E-state index contributed by atoms with van der Waals surface area (Å²) in [6.07, 6.45) is 1.83. The molecule has 0 radical (unpaired) electrons. The molecule has 62 valence electrons. The molecule has 1 aliphatic heterocycles. The van der Waals surface area contributed by atoms with Crippen molar-refractivity contribution in [3.8, 4) is 6.07 Å². The quantitative estimate of drug-likeness (QED) is 0.604. The van der Waals surface area contributed by atoms with Gasteiger partial charge >= 0.3 is 0 Å². The molecule has 0 saturated carbocycles. The van der Waals surface area contributed by atoms with Gasteiger partial charge in [-0.25, -0.2) is 0 Å². The van der Waals surface area contributed by atoms with Gasteiger partial charge < -0.3 is 10.6 Å². The third kappa shape index (κ3) is 2.18. The summed E-state index contributed by atoms with van der Waals surface area (Å²) in [5.41, 5.74) is 0. The standard InChI is InChI=1S/C8H15N3/c1-10-8(2-4-9)7-3-5-11-6-7/h7-8,10-11H,2-3,5-6H2,1H3/t7-,8?/m1/s1. The van der Waals surface area contributed by atoms with Gasteiger partial charge in [0.25, 0.3) is 0 Å². The van der Waals surface area contributed by atoms with Gasteiger partial charge in [0.2, 0.25) is 0 Å². The van der Waals surface area contributed by atoms with E-state index >= 15 is 0 Å². The summed E-state index contributed by atoms with van der Waals surface area (Å²) in [7, 11) is 1.93. The Morgan fingerprint density at radius 1 is 1.82 bits per heavy atom. The van der Waals surface area contributed by atoms with Gasteiger partial charge in [-0.3, -0.25) is 0 Å². The van der Waals surface area contributed by atoms with E-state index in [2.05, 4.69) is 16.7 Å². The molecular formula is C8H15N3. The molecule has 1 fully saturated rings. The Bertz CT molecular complexity index is 144. The molecule has 1 heterocycles. The summed E-state index contributed by atoms with van der Waals surface area (Å²) < 4.78 is 0. The second kappa shape index (κ2) is 4.32. The van der Waals surface area contributed by atoms with Crippen molar-refractivity contribution >= 4 is 0 Å². The zero-order valence-electron chi connectivity index (χ0n) is 6.93. The second-order valence-corrected chi connectivity index (χ2v) is 3.01. The van der Waals surface area contributed by atoms with E-state index in [1.54, 1.807) is 0 Å². The monoisotopic (exact) mass is 153 g/mol. The fourth-order valence-corrected chi connectivity index (χ4v) is 1.62. The lowest BCUT2D eigenvalue weighted by molar-refractivity contribution is 0.403. The molecule has 0 aromatic carbocycles. The summed E-state index contributed by atoms with van der Waals surface area (Å²) in [4.78, 5) is 0. The average Bonchev–Trinajstić information content (AvgIpc) is 2.52. The third-order valence-electron chi connectivity index (χ3n) is 2.35. The van der Waals surface area contributed by atoms with Gasteiger partial charge in [0.05, 0.1) is 12.5 Å². The van der Waals surface area contributed by atoms with Gasteiger partial charge in [0, 0.05) is 6.04 Å². The predicted molar refractivity (Wildman–Crippen MR) is 44.1 cm³/mol. The highest BCUT2D eigenvalue weighted by Crippen LogP contribution is 2.14. The van der Waals surface area contributed by atoms with Crippen molar-refractivity contribution in [3.05, 3.63) is 0 Å². The highest BCUT2D eigenvalue weighted by Gasteiger charge is 2.22. The van der Waals surface area contributed by atoms with Crippen molar-refractivity contribution in [3.63, 3.8) is 0 Å². The minimum absolute atomic E-state index is 0.384. The van der Waals surface area contributed by atoms with Crippen molar-refractivity contribution in [1.82, 2.24) is 10.6 Å². The van der Waals surface area contributed by atoms with Crippen molar-refractivity contribution in [1.29, 1.82) is 5.26 Å². The fraction of sp³-hybridized carbons (Fsp3) is 0.875. The first-order valence-corrected chi connectivity index (χ1v) is 4.13. The van der Waals surface area contributed by atoms with Gasteiger partial charge in [-0.2, -0.15) is 5.26 Å². The van der Waals surface area contributed by atoms with Crippen LogP contribution in [0.3, 0.4) is 0 Å². The van der Waals surface area contributed by atoms with E-state index in [1.807, 2.05) is 7.05 Å². The zero-order chi connectivity index (χ0) is 8.10. The van der Waals surface area contributed by atoms with E-state index in [0.717, 1.165) is 13.1 Å². The van der Waals surface area contributed by atoms with E-state index in [0.29, 0.717) is 18.4 Å². The summed E-state index contributed by atoms with van der Waals surface area (Å²) in [6.45, 7) is 2.17. The van der Waals surface area contributed by atoms with E-state index in [1.165, 1.54) is 6.42 Å². The lowest BCUT2D eigenvalue weighted by Crippen LogP contribution is -2.34. The van der Waals surface area contributed by atoms with Crippen LogP contribution in [0, 0.1) is 17.2 Å². The van der Waals surface area contributed by atoms with Crippen LogP contribution < -0.4 is 10.6 Å². The topological polar surface area (TPSA) is 47.9 Å². The average molecular weight is 153 g/mol. The Morgan fingerprint density at radius 3 is 3.09 bits per heavy atom. The van der Waals surface area contributed by atoms with Gasteiger partial charge in [-0.1, -0.05) is 0 Å². The number of rotatable bonds is 3. The van der Waals surface area contributed by atoms with Crippen molar-refractivity contribution in [2.45, 2.75) is 18.9 Å². The fourth-order valence-electron chi connectivity index (χ4n) is 1.62. The Kier molecular flexibility index (Phi) is 3.34. The lowest BCUT2D eigenvalue weighted by Gasteiger charge is -2.18. The van der Waals surface area contributed by atoms with Crippen LogP contribution in [0.2, 0.25) is 0 Å². The lowest BCUT2D eigenvalue weighted by atomic mass is 9.97. The third-order valence-corrected chi connectivity index (χ3v) is 2.35. The second-order valence-electron chi connectivity index (χ2n) is 3.01. The Labute approximate surface area is 67.8 Å². The maximum absolute atomic E-state index is 8.52. The van der Waals surface area contributed by atoms with Crippen LogP contribution in [0.5, 0.6) is 0 Å². The summed E-state index contributed by atoms with van der Waals surface area (Å²) in [6, 6.07) is 2.59. The Hall–Kier alpha value is -0.590. The Morgan fingerprint density at radius 2 is 2.64 bits per heavy atom. The van der Waals surface area contributed by atoms with Gasteiger partial charge in [-0.15, -0.1) is 0 Å². The highest BCUT2D eigenvalue weighted by molar-refractivity contribution is 4.88. The largest absolute Gasteiger partial charge is 0.316 e. The molecule has 1 aliphatic rings. The molecule has 3 nitrogen and oxygen atoms in total. The van der Waals surface area contributed by atoms with Gasteiger partial charge in [-0.05, 0) is 32.5 Å². The van der Waals surface area contributed by atoms with E-state index < -0.39 is 0 Å². The summed E-state index contributed by atoms with van der Waals surface area (Å²) >= 11 is 0. The van der Waals surface area contributed by atoms with Crippen LogP contribution >= 0.6 is 0 Å². The van der Waals surface area contributed by atoms with Gasteiger partial charge in [0.15, 0.2) is 0 Å². The smallest absolute Gasteiger partial charge is 0.0638 e. The SMILES string of the molecule is CNC(CC#N)[C@@H]1CCNC1. The molecule has 0 bridgehead atoms. The van der Waals surface area contributed by atoms with Crippen LogP contribution in [0.4, 0.5) is 0 Å². The van der Waals surface area contributed by atoms with Crippen LogP contribution in [-0.2, 0) is 0 Å². The first-order chi connectivity index (χ1) is 5.38. The van der Waals surface area contributed by atoms with Crippen molar-refractivity contribution in [2.24, 2.45) is 5.92 Å². The van der Waals surface area contributed by atoms with E-state index in [4.69, 9.17) is 5.26 Å².